The Kier molecular flexibility index (Phi) is 2.91. The van der Waals surface area contributed by atoms with E-state index in [0.717, 1.165) is 12.8 Å². The van der Waals surface area contributed by atoms with Gasteiger partial charge in [-0.1, -0.05) is 13.0 Å². The molecule has 0 spiro atoms. The molecule has 0 saturated carbocycles. The summed E-state index contributed by atoms with van der Waals surface area (Å²) in [5, 5.41) is 11.8. The first-order valence-corrected chi connectivity index (χ1v) is 5.57. The van der Waals surface area contributed by atoms with Crippen LogP contribution in [0.25, 0.3) is 0 Å². The molecule has 3 heteroatoms. The molecule has 1 aromatic carbocycles. The third-order valence-electron chi connectivity index (χ3n) is 3.01. The summed E-state index contributed by atoms with van der Waals surface area (Å²) in [4.78, 5) is 11.3. The maximum absolute atomic E-state index is 11.3. The van der Waals surface area contributed by atoms with E-state index >= 15 is 0 Å². The molecule has 1 amide bonds. The van der Waals surface area contributed by atoms with Crippen LogP contribution in [0.4, 0.5) is 0 Å². The van der Waals surface area contributed by atoms with Crippen molar-refractivity contribution in [1.82, 2.24) is 5.32 Å². The fraction of sp³-hybridized carbons (Fsp3) is 0.385. The second kappa shape index (κ2) is 4.36. The van der Waals surface area contributed by atoms with Crippen LogP contribution in [0, 0.1) is 11.3 Å². The molecule has 3 nitrogen and oxygen atoms in total. The lowest BCUT2D eigenvalue weighted by atomic mass is 10.1. The average molecular weight is 214 g/mol. The van der Waals surface area contributed by atoms with E-state index in [1.807, 2.05) is 25.1 Å². The fourth-order valence-electron chi connectivity index (χ4n) is 2.13. The molecule has 0 heterocycles. The van der Waals surface area contributed by atoms with Crippen molar-refractivity contribution < 1.29 is 4.79 Å². The number of hydrogen-bond donors (Lipinski definition) is 1. The van der Waals surface area contributed by atoms with E-state index in [1.54, 1.807) is 0 Å². The quantitative estimate of drug-likeness (QED) is 0.819. The number of aryl methyl sites for hydroxylation is 1. The van der Waals surface area contributed by atoms with E-state index in [-0.39, 0.29) is 11.9 Å². The van der Waals surface area contributed by atoms with Crippen LogP contribution in [-0.4, -0.2) is 5.91 Å². The van der Waals surface area contributed by atoms with Crippen LogP contribution in [0.5, 0.6) is 0 Å². The first-order valence-electron chi connectivity index (χ1n) is 5.57. The summed E-state index contributed by atoms with van der Waals surface area (Å²) in [7, 11) is 0. The maximum Gasteiger partial charge on any atom is 0.220 e. The molecule has 1 N–H and O–H groups in total. The highest BCUT2D eigenvalue weighted by Gasteiger charge is 2.23. The third kappa shape index (κ3) is 1.92. The number of carbonyl (C=O) groups excluding carboxylic acids is 1. The summed E-state index contributed by atoms with van der Waals surface area (Å²) >= 11 is 0. The number of nitriles is 1. The number of fused-ring (bicyclic) bond motifs is 1. The molecule has 2 rings (SSSR count). The highest BCUT2D eigenvalue weighted by Crippen LogP contribution is 2.31. The molecule has 1 aliphatic carbocycles. The van der Waals surface area contributed by atoms with Crippen molar-refractivity contribution in [2.45, 2.75) is 32.2 Å². The Morgan fingerprint density at radius 3 is 3.12 bits per heavy atom. The molecule has 0 fully saturated rings. The molecule has 0 aromatic heterocycles. The Morgan fingerprint density at radius 2 is 2.44 bits per heavy atom. The summed E-state index contributed by atoms with van der Waals surface area (Å²) in [6.07, 6.45) is 2.40. The molecule has 16 heavy (non-hydrogen) atoms. The van der Waals surface area contributed by atoms with E-state index in [4.69, 9.17) is 5.26 Å². The van der Waals surface area contributed by atoms with Gasteiger partial charge in [0.25, 0.3) is 0 Å². The molecule has 1 aliphatic rings. The molecule has 0 aliphatic heterocycles. The number of nitrogens with one attached hydrogen (secondary N) is 1. The van der Waals surface area contributed by atoms with Crippen molar-refractivity contribution in [2.75, 3.05) is 0 Å². The van der Waals surface area contributed by atoms with Crippen molar-refractivity contribution in [3.05, 3.63) is 34.9 Å². The van der Waals surface area contributed by atoms with E-state index < -0.39 is 0 Å². The zero-order chi connectivity index (χ0) is 11.5. The minimum absolute atomic E-state index is 0.0854. The van der Waals surface area contributed by atoms with Crippen LogP contribution in [-0.2, 0) is 11.2 Å². The van der Waals surface area contributed by atoms with Crippen LogP contribution >= 0.6 is 0 Å². The van der Waals surface area contributed by atoms with Gasteiger partial charge in [-0.2, -0.15) is 5.26 Å². The highest BCUT2D eigenvalue weighted by molar-refractivity contribution is 5.76. The summed E-state index contributed by atoms with van der Waals surface area (Å²) in [6, 6.07) is 7.97. The zero-order valence-electron chi connectivity index (χ0n) is 9.29. The van der Waals surface area contributed by atoms with Gasteiger partial charge in [-0.15, -0.1) is 0 Å². The van der Waals surface area contributed by atoms with Crippen LogP contribution in [0.1, 0.15) is 42.5 Å². The van der Waals surface area contributed by atoms with Crippen LogP contribution < -0.4 is 5.32 Å². The normalized spacial score (nSPS) is 17.6. The lowest BCUT2D eigenvalue weighted by Gasteiger charge is -2.13. The Hall–Kier alpha value is -1.82. The predicted molar refractivity (Wildman–Crippen MR) is 60.7 cm³/mol. The van der Waals surface area contributed by atoms with E-state index in [9.17, 15) is 4.79 Å². The van der Waals surface area contributed by atoms with Gasteiger partial charge in [0.05, 0.1) is 17.7 Å². The molecular formula is C13H14N2O. The summed E-state index contributed by atoms with van der Waals surface area (Å²) < 4.78 is 0. The van der Waals surface area contributed by atoms with Gasteiger partial charge in [-0.05, 0) is 36.1 Å². The largest absolute Gasteiger partial charge is 0.349 e. The lowest BCUT2D eigenvalue weighted by molar-refractivity contribution is -0.121. The summed E-state index contributed by atoms with van der Waals surface area (Å²) in [6.45, 7) is 1.85. The van der Waals surface area contributed by atoms with Gasteiger partial charge in [-0.25, -0.2) is 0 Å². The fourth-order valence-corrected chi connectivity index (χ4v) is 2.13. The van der Waals surface area contributed by atoms with Gasteiger partial charge >= 0.3 is 0 Å². The molecular weight excluding hydrogens is 200 g/mol. The van der Waals surface area contributed by atoms with Crippen molar-refractivity contribution in [3.8, 4) is 6.07 Å². The number of hydrogen-bond acceptors (Lipinski definition) is 2. The highest BCUT2D eigenvalue weighted by atomic mass is 16.1. The topological polar surface area (TPSA) is 52.9 Å². The van der Waals surface area contributed by atoms with Crippen LogP contribution in [0.3, 0.4) is 0 Å². The van der Waals surface area contributed by atoms with Gasteiger partial charge in [0.2, 0.25) is 5.91 Å². The molecule has 1 aromatic rings. The van der Waals surface area contributed by atoms with Gasteiger partial charge in [0.15, 0.2) is 0 Å². The summed E-state index contributed by atoms with van der Waals surface area (Å²) in [5.41, 5.74) is 3.06. The standard InChI is InChI=1S/C13H14N2O/c1-2-13(16)15-12-6-4-10-7-9(8-14)3-5-11(10)12/h3,5,7,12H,2,4,6H2,1H3,(H,15,16). The third-order valence-corrected chi connectivity index (χ3v) is 3.01. The average Bonchev–Trinajstić information content (AvgIpc) is 2.71. The SMILES string of the molecule is CCC(=O)NC1CCc2cc(C#N)ccc21. The second-order valence-electron chi connectivity index (χ2n) is 4.04. The van der Waals surface area contributed by atoms with Crippen LogP contribution in [0.2, 0.25) is 0 Å². The smallest absolute Gasteiger partial charge is 0.220 e. The van der Waals surface area contributed by atoms with E-state index in [1.165, 1.54) is 11.1 Å². The molecule has 82 valence electrons. The minimum atomic E-state index is 0.0854. The molecule has 0 bridgehead atoms. The van der Waals surface area contributed by atoms with Gasteiger partial charge in [0, 0.05) is 6.42 Å². The second-order valence-corrected chi connectivity index (χ2v) is 4.04. The Morgan fingerprint density at radius 1 is 1.62 bits per heavy atom. The first kappa shape index (κ1) is 10.7. The first-order chi connectivity index (χ1) is 7.74. The number of rotatable bonds is 2. The minimum Gasteiger partial charge on any atom is -0.349 e. The Balaban J connectivity index is 2.21. The molecule has 1 unspecified atom stereocenters. The van der Waals surface area contributed by atoms with Crippen LogP contribution in [0.15, 0.2) is 18.2 Å². The maximum atomic E-state index is 11.3. The van der Waals surface area contributed by atoms with Crippen molar-refractivity contribution >= 4 is 5.91 Å². The summed E-state index contributed by atoms with van der Waals surface area (Å²) in [5.74, 6) is 0.0854. The predicted octanol–water partition coefficient (Wildman–Crippen LogP) is 2.07. The molecule has 1 atom stereocenters. The van der Waals surface area contributed by atoms with Gasteiger partial charge < -0.3 is 5.32 Å². The molecule has 0 radical (unpaired) electrons. The zero-order valence-corrected chi connectivity index (χ0v) is 9.29. The van der Waals surface area contributed by atoms with Gasteiger partial charge in [-0.3, -0.25) is 4.79 Å². The van der Waals surface area contributed by atoms with Crippen molar-refractivity contribution in [2.24, 2.45) is 0 Å². The Bertz CT molecular complexity index is 459. The number of nitrogens with zero attached hydrogens (tertiary/aromatic N) is 1. The number of benzene rings is 1. The lowest BCUT2D eigenvalue weighted by Crippen LogP contribution is -2.26. The van der Waals surface area contributed by atoms with Crippen molar-refractivity contribution in [3.63, 3.8) is 0 Å². The van der Waals surface area contributed by atoms with E-state index in [0.29, 0.717) is 12.0 Å². The van der Waals surface area contributed by atoms with Gasteiger partial charge in [0.1, 0.15) is 0 Å². The van der Waals surface area contributed by atoms with E-state index in [2.05, 4.69) is 11.4 Å². The number of amides is 1. The Labute approximate surface area is 95.1 Å². The monoisotopic (exact) mass is 214 g/mol. The number of carbonyl (C=O) groups is 1. The molecule has 0 saturated heterocycles. The van der Waals surface area contributed by atoms with Crippen molar-refractivity contribution in [1.29, 1.82) is 5.26 Å².